The highest BCUT2D eigenvalue weighted by Gasteiger charge is 2.14. The highest BCUT2D eigenvalue weighted by atomic mass is 35.5. The molecule has 1 heterocycles. The summed E-state index contributed by atoms with van der Waals surface area (Å²) in [6.45, 7) is 2.52. The van der Waals surface area contributed by atoms with Crippen molar-refractivity contribution in [2.45, 2.75) is 32.1 Å². The summed E-state index contributed by atoms with van der Waals surface area (Å²) < 4.78 is 0. The molecule has 1 aromatic carbocycles. The molecule has 1 aliphatic rings. The normalized spacial score (nSPS) is 14.6. The van der Waals surface area contributed by atoms with Crippen LogP contribution in [0.4, 0.5) is 5.69 Å². The summed E-state index contributed by atoms with van der Waals surface area (Å²) in [7, 11) is 0. The van der Waals surface area contributed by atoms with Gasteiger partial charge in [0.25, 0.3) is 0 Å². The van der Waals surface area contributed by atoms with Gasteiger partial charge in [0, 0.05) is 25.1 Å². The summed E-state index contributed by atoms with van der Waals surface area (Å²) in [6, 6.07) is 9.33. The van der Waals surface area contributed by atoms with E-state index >= 15 is 0 Å². The van der Waals surface area contributed by atoms with Crippen LogP contribution in [0.2, 0.25) is 0 Å². The van der Waals surface area contributed by atoms with E-state index in [-0.39, 0.29) is 24.2 Å². The van der Waals surface area contributed by atoms with Crippen molar-refractivity contribution in [1.82, 2.24) is 10.6 Å². The van der Waals surface area contributed by atoms with E-state index < -0.39 is 0 Å². The first-order valence-corrected chi connectivity index (χ1v) is 8.06. The zero-order valence-electron chi connectivity index (χ0n) is 13.3. The molecule has 1 aromatic rings. The first kappa shape index (κ1) is 19.5. The summed E-state index contributed by atoms with van der Waals surface area (Å²) in [5, 5.41) is 8.95. The van der Waals surface area contributed by atoms with Crippen molar-refractivity contribution >= 4 is 29.9 Å². The largest absolute Gasteiger partial charge is 0.356 e. The van der Waals surface area contributed by atoms with E-state index in [1.54, 1.807) is 0 Å². The number of para-hydroxylation sites is 1. The van der Waals surface area contributed by atoms with Crippen LogP contribution in [-0.2, 0) is 9.59 Å². The zero-order chi connectivity index (χ0) is 15.6. The molecule has 0 saturated carbocycles. The molecule has 0 radical (unpaired) electrons. The maximum Gasteiger partial charge on any atom is 0.226 e. The number of piperidine rings is 1. The smallest absolute Gasteiger partial charge is 0.226 e. The molecule has 0 atom stereocenters. The van der Waals surface area contributed by atoms with Crippen molar-refractivity contribution in [2.75, 3.05) is 25.0 Å². The number of anilines is 1. The molecule has 1 fully saturated rings. The SMILES string of the molecule is Cl.O=C(CCC1CCNCC1)NCCC(=O)Nc1ccccc1. The molecular formula is C17H26ClN3O2. The lowest BCUT2D eigenvalue weighted by molar-refractivity contribution is -0.121. The molecule has 6 heteroatoms. The number of hydrogen-bond donors (Lipinski definition) is 3. The number of hydrogen-bond acceptors (Lipinski definition) is 3. The minimum Gasteiger partial charge on any atom is -0.356 e. The van der Waals surface area contributed by atoms with E-state index in [0.29, 0.717) is 25.3 Å². The van der Waals surface area contributed by atoms with E-state index in [9.17, 15) is 9.59 Å². The molecule has 0 spiro atoms. The third kappa shape index (κ3) is 8.00. The van der Waals surface area contributed by atoms with Crippen molar-refractivity contribution in [3.63, 3.8) is 0 Å². The standard InChI is InChI=1S/C17H25N3O2.ClH/c21-16(7-6-14-8-11-18-12-9-14)19-13-10-17(22)20-15-4-2-1-3-5-15;/h1-5,14,18H,6-13H2,(H,19,21)(H,20,22);1H. The Morgan fingerprint density at radius 2 is 1.74 bits per heavy atom. The average Bonchev–Trinajstić information content (AvgIpc) is 2.55. The Kier molecular flexibility index (Phi) is 9.33. The minimum absolute atomic E-state index is 0. The van der Waals surface area contributed by atoms with Crippen LogP contribution in [0.25, 0.3) is 0 Å². The summed E-state index contributed by atoms with van der Waals surface area (Å²) in [4.78, 5) is 23.5. The van der Waals surface area contributed by atoms with E-state index in [1.165, 1.54) is 0 Å². The van der Waals surface area contributed by atoms with Crippen LogP contribution in [0, 0.1) is 5.92 Å². The second kappa shape index (κ2) is 11.0. The van der Waals surface area contributed by atoms with Gasteiger partial charge < -0.3 is 16.0 Å². The van der Waals surface area contributed by atoms with E-state index in [4.69, 9.17) is 0 Å². The minimum atomic E-state index is -0.0788. The van der Waals surface area contributed by atoms with Gasteiger partial charge in [-0.05, 0) is 50.4 Å². The maximum absolute atomic E-state index is 11.8. The van der Waals surface area contributed by atoms with Gasteiger partial charge in [-0.2, -0.15) is 0 Å². The molecule has 1 aliphatic heterocycles. The van der Waals surface area contributed by atoms with Gasteiger partial charge in [0.15, 0.2) is 0 Å². The number of halogens is 1. The Labute approximate surface area is 144 Å². The van der Waals surface area contributed by atoms with Gasteiger partial charge >= 0.3 is 0 Å². The van der Waals surface area contributed by atoms with Crippen molar-refractivity contribution in [2.24, 2.45) is 5.92 Å². The second-order valence-electron chi connectivity index (χ2n) is 5.75. The summed E-state index contributed by atoms with van der Waals surface area (Å²) >= 11 is 0. The molecule has 23 heavy (non-hydrogen) atoms. The fourth-order valence-corrected chi connectivity index (χ4v) is 2.65. The lowest BCUT2D eigenvalue weighted by atomic mass is 9.93. The third-order valence-corrected chi connectivity index (χ3v) is 3.97. The van der Waals surface area contributed by atoms with Gasteiger partial charge in [-0.3, -0.25) is 9.59 Å². The maximum atomic E-state index is 11.8. The van der Waals surface area contributed by atoms with Crippen LogP contribution in [0.5, 0.6) is 0 Å². The predicted octanol–water partition coefficient (Wildman–Crippen LogP) is 2.33. The van der Waals surface area contributed by atoms with Crippen molar-refractivity contribution in [3.8, 4) is 0 Å². The first-order chi connectivity index (χ1) is 10.7. The van der Waals surface area contributed by atoms with E-state index in [1.807, 2.05) is 30.3 Å². The van der Waals surface area contributed by atoms with Crippen LogP contribution in [0.3, 0.4) is 0 Å². The van der Waals surface area contributed by atoms with Gasteiger partial charge in [-0.25, -0.2) is 0 Å². The molecule has 5 nitrogen and oxygen atoms in total. The predicted molar refractivity (Wildman–Crippen MR) is 94.8 cm³/mol. The number of rotatable bonds is 7. The van der Waals surface area contributed by atoms with Gasteiger partial charge in [-0.1, -0.05) is 18.2 Å². The molecule has 128 valence electrons. The Hall–Kier alpha value is -1.59. The molecule has 0 bridgehead atoms. The molecule has 0 aliphatic carbocycles. The fraction of sp³-hybridized carbons (Fsp3) is 0.529. The van der Waals surface area contributed by atoms with E-state index in [2.05, 4.69) is 16.0 Å². The number of carbonyl (C=O) groups excluding carboxylic acids is 2. The van der Waals surface area contributed by atoms with E-state index in [0.717, 1.165) is 38.0 Å². The molecule has 3 N–H and O–H groups in total. The van der Waals surface area contributed by atoms with Gasteiger partial charge in [-0.15, -0.1) is 12.4 Å². The molecule has 0 aromatic heterocycles. The van der Waals surface area contributed by atoms with Crippen LogP contribution < -0.4 is 16.0 Å². The van der Waals surface area contributed by atoms with Gasteiger partial charge in [0.2, 0.25) is 11.8 Å². The lowest BCUT2D eigenvalue weighted by Crippen LogP contribution is -2.30. The second-order valence-corrected chi connectivity index (χ2v) is 5.75. The molecule has 1 saturated heterocycles. The van der Waals surface area contributed by atoms with Gasteiger partial charge in [0.05, 0.1) is 0 Å². The topological polar surface area (TPSA) is 70.2 Å². The fourth-order valence-electron chi connectivity index (χ4n) is 2.65. The van der Waals surface area contributed by atoms with Gasteiger partial charge in [0.1, 0.15) is 0 Å². The number of carbonyl (C=O) groups is 2. The Balaban J connectivity index is 0.00000264. The average molecular weight is 340 g/mol. The van der Waals surface area contributed by atoms with Crippen molar-refractivity contribution < 1.29 is 9.59 Å². The highest BCUT2D eigenvalue weighted by Crippen LogP contribution is 2.17. The van der Waals surface area contributed by atoms with Crippen LogP contribution in [0.15, 0.2) is 30.3 Å². The quantitative estimate of drug-likeness (QED) is 0.714. The molecule has 0 unspecified atom stereocenters. The van der Waals surface area contributed by atoms with Crippen molar-refractivity contribution in [1.29, 1.82) is 0 Å². The Morgan fingerprint density at radius 1 is 1.04 bits per heavy atom. The Bertz CT molecular complexity index is 476. The third-order valence-electron chi connectivity index (χ3n) is 3.97. The molecule has 2 rings (SSSR count). The molecule has 2 amide bonds. The summed E-state index contributed by atoms with van der Waals surface area (Å²) in [5.74, 6) is 0.629. The zero-order valence-corrected chi connectivity index (χ0v) is 14.2. The lowest BCUT2D eigenvalue weighted by Gasteiger charge is -2.22. The first-order valence-electron chi connectivity index (χ1n) is 8.06. The van der Waals surface area contributed by atoms with Crippen molar-refractivity contribution in [3.05, 3.63) is 30.3 Å². The van der Waals surface area contributed by atoms with Crippen LogP contribution in [-0.4, -0.2) is 31.4 Å². The van der Waals surface area contributed by atoms with Crippen LogP contribution >= 0.6 is 12.4 Å². The number of nitrogens with one attached hydrogen (secondary N) is 3. The summed E-state index contributed by atoms with van der Waals surface area (Å²) in [5.41, 5.74) is 0.782. The van der Waals surface area contributed by atoms with Crippen LogP contribution in [0.1, 0.15) is 32.1 Å². The monoisotopic (exact) mass is 339 g/mol. The Morgan fingerprint density at radius 3 is 2.43 bits per heavy atom. The summed E-state index contributed by atoms with van der Waals surface area (Å²) in [6.07, 6.45) is 4.13. The number of benzene rings is 1. The number of amides is 2. The molecular weight excluding hydrogens is 314 g/mol. The highest BCUT2D eigenvalue weighted by molar-refractivity contribution is 5.91.